The number of fused-ring (bicyclic) bond motifs is 2. The van der Waals surface area contributed by atoms with Gasteiger partial charge >= 0.3 is 0 Å². The van der Waals surface area contributed by atoms with Gasteiger partial charge < -0.3 is 10.1 Å². The van der Waals surface area contributed by atoms with Gasteiger partial charge in [0, 0.05) is 25.2 Å². The van der Waals surface area contributed by atoms with Crippen LogP contribution >= 0.6 is 11.6 Å². The van der Waals surface area contributed by atoms with E-state index in [2.05, 4.69) is 22.3 Å². The number of hydrogen-bond donors (Lipinski definition) is 1. The number of benzene rings is 2. The molecule has 1 atom stereocenters. The fraction of sp³-hybridized carbons (Fsp3) is 0.458. The lowest BCUT2D eigenvalue weighted by Gasteiger charge is -2.42. The second-order valence-electron chi connectivity index (χ2n) is 8.27. The highest BCUT2D eigenvalue weighted by molar-refractivity contribution is 6.34. The number of carbonyl (C=O) groups excluding carboxylic acids is 1. The van der Waals surface area contributed by atoms with Crippen molar-refractivity contribution in [1.29, 1.82) is 0 Å². The average molecular weight is 413 g/mol. The quantitative estimate of drug-likeness (QED) is 0.712. The highest BCUT2D eigenvalue weighted by atomic mass is 35.5. The van der Waals surface area contributed by atoms with Crippen LogP contribution in [0.1, 0.15) is 53.2 Å². The molecule has 1 unspecified atom stereocenters. The third kappa shape index (κ3) is 3.70. The lowest BCUT2D eigenvalue weighted by molar-refractivity contribution is 0.0638. The Morgan fingerprint density at radius 2 is 1.93 bits per heavy atom. The van der Waals surface area contributed by atoms with Gasteiger partial charge in [-0.3, -0.25) is 9.69 Å². The molecule has 2 fully saturated rings. The van der Waals surface area contributed by atoms with E-state index in [9.17, 15) is 4.79 Å². The molecule has 5 heteroatoms. The molecule has 4 nitrogen and oxygen atoms in total. The first-order chi connectivity index (χ1) is 14.1. The van der Waals surface area contributed by atoms with Gasteiger partial charge in [-0.1, -0.05) is 54.1 Å². The van der Waals surface area contributed by atoms with Crippen molar-refractivity contribution in [1.82, 2.24) is 10.2 Å². The summed E-state index contributed by atoms with van der Waals surface area (Å²) in [5, 5.41) is 3.89. The molecule has 1 N–H and O–H groups in total. The predicted octanol–water partition coefficient (Wildman–Crippen LogP) is 4.76. The van der Waals surface area contributed by atoms with Crippen molar-refractivity contribution in [3.05, 3.63) is 70.2 Å². The SMILES string of the molecule is COCCN1C2CCC1(C(NC(=O)c1c(C)cccc1Cl)c1ccccc1)CC2. The van der Waals surface area contributed by atoms with Crippen molar-refractivity contribution < 1.29 is 9.53 Å². The van der Waals surface area contributed by atoms with Gasteiger partial charge in [0.15, 0.2) is 0 Å². The second-order valence-corrected chi connectivity index (χ2v) is 8.68. The van der Waals surface area contributed by atoms with Gasteiger partial charge in [0.05, 0.1) is 23.2 Å². The van der Waals surface area contributed by atoms with Crippen LogP contribution in [-0.4, -0.2) is 42.6 Å². The van der Waals surface area contributed by atoms with Gasteiger partial charge in [-0.15, -0.1) is 0 Å². The molecule has 0 saturated carbocycles. The number of carbonyl (C=O) groups is 1. The van der Waals surface area contributed by atoms with Crippen LogP contribution in [0.5, 0.6) is 0 Å². The number of ether oxygens (including phenoxy) is 1. The van der Waals surface area contributed by atoms with Gasteiger partial charge in [-0.05, 0) is 49.8 Å². The van der Waals surface area contributed by atoms with E-state index >= 15 is 0 Å². The summed E-state index contributed by atoms with van der Waals surface area (Å²) in [6, 6.07) is 16.5. The Morgan fingerprint density at radius 3 is 2.59 bits per heavy atom. The van der Waals surface area contributed by atoms with E-state index in [-0.39, 0.29) is 17.5 Å². The summed E-state index contributed by atoms with van der Waals surface area (Å²) >= 11 is 6.40. The van der Waals surface area contributed by atoms with E-state index in [0.717, 1.165) is 30.5 Å². The molecule has 2 aromatic rings. The number of hydrogen-bond acceptors (Lipinski definition) is 3. The molecular formula is C24H29ClN2O2. The number of methoxy groups -OCH3 is 1. The van der Waals surface area contributed by atoms with E-state index < -0.39 is 0 Å². The Balaban J connectivity index is 1.71. The van der Waals surface area contributed by atoms with E-state index in [1.165, 1.54) is 12.8 Å². The smallest absolute Gasteiger partial charge is 0.253 e. The monoisotopic (exact) mass is 412 g/mol. The number of halogens is 1. The molecule has 1 amide bonds. The maximum absolute atomic E-state index is 13.4. The molecule has 2 aromatic carbocycles. The molecule has 0 radical (unpaired) electrons. The molecule has 4 rings (SSSR count). The van der Waals surface area contributed by atoms with Gasteiger partial charge in [-0.25, -0.2) is 0 Å². The Morgan fingerprint density at radius 1 is 1.21 bits per heavy atom. The molecule has 2 aliphatic heterocycles. The second kappa shape index (κ2) is 8.47. The van der Waals surface area contributed by atoms with Crippen molar-refractivity contribution >= 4 is 17.5 Å². The van der Waals surface area contributed by atoms with Crippen molar-refractivity contribution in [2.75, 3.05) is 20.3 Å². The molecule has 154 valence electrons. The normalized spacial score (nSPS) is 24.6. The highest BCUT2D eigenvalue weighted by Crippen LogP contribution is 2.52. The number of aryl methyl sites for hydroxylation is 1. The summed E-state index contributed by atoms with van der Waals surface area (Å²) in [7, 11) is 1.75. The van der Waals surface area contributed by atoms with Crippen molar-refractivity contribution in [3.8, 4) is 0 Å². The maximum Gasteiger partial charge on any atom is 0.253 e. The molecular weight excluding hydrogens is 384 g/mol. The lowest BCUT2D eigenvalue weighted by Crippen LogP contribution is -2.53. The highest BCUT2D eigenvalue weighted by Gasteiger charge is 2.56. The van der Waals surface area contributed by atoms with Gasteiger partial charge in [0.1, 0.15) is 0 Å². The van der Waals surface area contributed by atoms with Crippen LogP contribution in [0.4, 0.5) is 0 Å². The van der Waals surface area contributed by atoms with E-state index in [0.29, 0.717) is 23.2 Å². The topological polar surface area (TPSA) is 41.6 Å². The van der Waals surface area contributed by atoms with Crippen LogP contribution in [0.25, 0.3) is 0 Å². The molecule has 0 spiro atoms. The average Bonchev–Trinajstić information content (AvgIpc) is 3.26. The maximum atomic E-state index is 13.4. The van der Waals surface area contributed by atoms with Gasteiger partial charge in [0.2, 0.25) is 0 Å². The Hall–Kier alpha value is -1.88. The molecule has 2 aliphatic rings. The standard InChI is InChI=1S/C24H29ClN2O2/c1-17-7-6-10-20(25)21(17)23(28)26-22(18-8-4-3-5-9-18)24-13-11-19(12-14-24)27(24)15-16-29-2/h3-10,19,22H,11-16H2,1-2H3,(H,26,28). The zero-order chi connectivity index (χ0) is 20.4. The van der Waals surface area contributed by atoms with Crippen molar-refractivity contribution in [3.63, 3.8) is 0 Å². The summed E-state index contributed by atoms with van der Waals surface area (Å²) in [5.41, 5.74) is 2.54. The minimum Gasteiger partial charge on any atom is -0.383 e. The predicted molar refractivity (Wildman–Crippen MR) is 116 cm³/mol. The fourth-order valence-corrected chi connectivity index (χ4v) is 5.72. The molecule has 2 bridgehead atoms. The summed E-state index contributed by atoms with van der Waals surface area (Å²) < 4.78 is 5.39. The first-order valence-electron chi connectivity index (χ1n) is 10.4. The fourth-order valence-electron chi connectivity index (χ4n) is 5.41. The number of amides is 1. The van der Waals surface area contributed by atoms with Crippen LogP contribution in [0.3, 0.4) is 0 Å². The number of nitrogens with zero attached hydrogens (tertiary/aromatic N) is 1. The van der Waals surface area contributed by atoms with Crippen LogP contribution in [0, 0.1) is 6.92 Å². The minimum atomic E-state index is -0.0987. The molecule has 2 heterocycles. The Kier molecular flexibility index (Phi) is 5.95. The molecule has 29 heavy (non-hydrogen) atoms. The summed E-state index contributed by atoms with van der Waals surface area (Å²) in [6.45, 7) is 3.53. The zero-order valence-corrected chi connectivity index (χ0v) is 17.9. The van der Waals surface area contributed by atoms with Crippen LogP contribution in [0.15, 0.2) is 48.5 Å². The van der Waals surface area contributed by atoms with E-state index in [1.54, 1.807) is 13.2 Å². The molecule has 2 saturated heterocycles. The van der Waals surface area contributed by atoms with Crippen LogP contribution in [0.2, 0.25) is 5.02 Å². The minimum absolute atomic E-state index is 0.0740. The number of nitrogens with one attached hydrogen (secondary N) is 1. The molecule has 0 aromatic heterocycles. The molecule has 0 aliphatic carbocycles. The third-order valence-corrected chi connectivity index (χ3v) is 7.08. The van der Waals surface area contributed by atoms with E-state index in [1.807, 2.05) is 37.3 Å². The summed E-state index contributed by atoms with van der Waals surface area (Å²) in [6.07, 6.45) is 4.52. The lowest BCUT2D eigenvalue weighted by atomic mass is 9.78. The first kappa shape index (κ1) is 20.4. The summed E-state index contributed by atoms with van der Waals surface area (Å²) in [4.78, 5) is 16.0. The number of rotatable bonds is 7. The van der Waals surface area contributed by atoms with Crippen molar-refractivity contribution in [2.45, 2.75) is 50.2 Å². The van der Waals surface area contributed by atoms with Crippen molar-refractivity contribution in [2.24, 2.45) is 0 Å². The van der Waals surface area contributed by atoms with Crippen LogP contribution < -0.4 is 5.32 Å². The summed E-state index contributed by atoms with van der Waals surface area (Å²) in [5.74, 6) is -0.0987. The third-order valence-electron chi connectivity index (χ3n) is 6.76. The van der Waals surface area contributed by atoms with Gasteiger partial charge in [-0.2, -0.15) is 0 Å². The first-order valence-corrected chi connectivity index (χ1v) is 10.8. The Labute approximate surface area is 178 Å². The zero-order valence-electron chi connectivity index (χ0n) is 17.2. The van der Waals surface area contributed by atoms with Gasteiger partial charge in [0.25, 0.3) is 5.91 Å². The Bertz CT molecular complexity index is 842. The van der Waals surface area contributed by atoms with E-state index in [4.69, 9.17) is 16.3 Å². The largest absolute Gasteiger partial charge is 0.383 e. The van der Waals surface area contributed by atoms with Crippen LogP contribution in [-0.2, 0) is 4.74 Å².